The Labute approximate surface area is 168 Å². The largest absolute Gasteiger partial charge is 0.477 e. The fourth-order valence-corrected chi connectivity index (χ4v) is 4.22. The first-order chi connectivity index (χ1) is 13.8. The van der Waals surface area contributed by atoms with Gasteiger partial charge in [-0.3, -0.25) is 19.3 Å². The Bertz CT molecular complexity index is 908. The third kappa shape index (κ3) is 3.97. The van der Waals surface area contributed by atoms with Crippen LogP contribution in [0.4, 0.5) is 0 Å². The number of thioether (sulfide) groups is 1. The van der Waals surface area contributed by atoms with E-state index >= 15 is 0 Å². The molecule has 1 saturated heterocycles. The molecule has 1 aromatic heterocycles. The van der Waals surface area contributed by atoms with E-state index in [1.54, 1.807) is 6.07 Å². The van der Waals surface area contributed by atoms with Crippen LogP contribution in [0.3, 0.4) is 0 Å². The van der Waals surface area contributed by atoms with Gasteiger partial charge in [-0.05, 0) is 12.1 Å². The molecule has 0 bridgehead atoms. The van der Waals surface area contributed by atoms with E-state index < -0.39 is 35.2 Å². The number of carboxylic acids is 1. The third-order valence-corrected chi connectivity index (χ3v) is 5.48. The average molecular weight is 423 g/mol. The van der Waals surface area contributed by atoms with Crippen LogP contribution >= 0.6 is 11.8 Å². The Kier molecular flexibility index (Phi) is 5.92. The van der Waals surface area contributed by atoms with Crippen LogP contribution in [0.15, 0.2) is 39.2 Å². The summed E-state index contributed by atoms with van der Waals surface area (Å²) >= 11 is 1.25. The summed E-state index contributed by atoms with van der Waals surface area (Å²) in [6, 6.07) is 2.12. The van der Waals surface area contributed by atoms with Gasteiger partial charge in [0.15, 0.2) is 5.76 Å². The van der Waals surface area contributed by atoms with Crippen LogP contribution in [-0.2, 0) is 28.8 Å². The quantitative estimate of drug-likeness (QED) is 0.266. The fourth-order valence-electron chi connectivity index (χ4n) is 2.90. The molecular formula is C17H17N3O8S. The number of ether oxygens (including phenoxy) is 1. The molecule has 3 heterocycles. The summed E-state index contributed by atoms with van der Waals surface area (Å²) in [5.41, 5.74) is -0.0827. The number of carbonyl (C=O) groups excluding carboxylic acids is 3. The van der Waals surface area contributed by atoms with Gasteiger partial charge in [0.25, 0.3) is 11.8 Å². The van der Waals surface area contributed by atoms with Crippen molar-refractivity contribution in [1.82, 2.24) is 10.2 Å². The number of nitrogens with zero attached hydrogens (tertiary/aromatic N) is 2. The molecule has 0 saturated carbocycles. The first-order valence-corrected chi connectivity index (χ1v) is 9.39. The number of furan rings is 1. The predicted molar refractivity (Wildman–Crippen MR) is 98.6 cm³/mol. The van der Waals surface area contributed by atoms with E-state index in [2.05, 4.69) is 15.3 Å². The Morgan fingerprint density at radius 1 is 1.45 bits per heavy atom. The van der Waals surface area contributed by atoms with Crippen LogP contribution in [0, 0.1) is 0 Å². The minimum atomic E-state index is -1.31. The summed E-state index contributed by atoms with van der Waals surface area (Å²) in [7, 11) is 1.26. The number of β-lactam (4-membered cyclic amide) rings is 1. The van der Waals surface area contributed by atoms with E-state index in [0.29, 0.717) is 5.57 Å². The number of fused-ring (bicyclic) bond motifs is 1. The monoisotopic (exact) mass is 423 g/mol. The second-order valence-corrected chi connectivity index (χ2v) is 7.10. The molecule has 2 aliphatic heterocycles. The van der Waals surface area contributed by atoms with Gasteiger partial charge in [0.2, 0.25) is 5.71 Å². The maximum atomic E-state index is 12.6. The second-order valence-electron chi connectivity index (χ2n) is 6.00. The topological polar surface area (TPSA) is 148 Å². The van der Waals surface area contributed by atoms with Gasteiger partial charge in [-0.1, -0.05) is 5.16 Å². The van der Waals surface area contributed by atoms with Gasteiger partial charge in [-0.2, -0.15) is 0 Å². The SMILES string of the molecule is CO/N=C(/C(=O)N[C@@H]1C(=O)N2C(C(=O)O)=C(COC(C)=O)CS[C@H]12)c1ccco1. The van der Waals surface area contributed by atoms with Crippen molar-refractivity contribution in [2.45, 2.75) is 18.3 Å². The highest BCUT2D eigenvalue weighted by Crippen LogP contribution is 2.40. The number of amides is 2. The number of carboxylic acid groups (broad SMARTS) is 1. The van der Waals surface area contributed by atoms with Crippen LogP contribution < -0.4 is 5.32 Å². The van der Waals surface area contributed by atoms with Gasteiger partial charge < -0.3 is 24.4 Å². The number of hydrogen-bond donors (Lipinski definition) is 2. The fraction of sp³-hybridized carbons (Fsp3) is 0.353. The van der Waals surface area contributed by atoms with Crippen molar-refractivity contribution < 1.29 is 38.3 Å². The molecule has 1 aromatic rings. The minimum Gasteiger partial charge on any atom is -0.477 e. The van der Waals surface area contributed by atoms with Crippen LogP contribution in [0.1, 0.15) is 12.7 Å². The van der Waals surface area contributed by atoms with Crippen molar-refractivity contribution in [2.24, 2.45) is 5.16 Å². The van der Waals surface area contributed by atoms with Gasteiger partial charge >= 0.3 is 11.9 Å². The lowest BCUT2D eigenvalue weighted by Crippen LogP contribution is -2.71. The summed E-state index contributed by atoms with van der Waals surface area (Å²) in [4.78, 5) is 53.6. The first kappa shape index (κ1) is 20.5. The second kappa shape index (κ2) is 8.39. The lowest BCUT2D eigenvalue weighted by Gasteiger charge is -2.49. The van der Waals surface area contributed by atoms with E-state index in [9.17, 15) is 24.3 Å². The van der Waals surface area contributed by atoms with Crippen molar-refractivity contribution >= 4 is 41.2 Å². The lowest BCUT2D eigenvalue weighted by molar-refractivity contribution is -0.150. The molecule has 11 nitrogen and oxygen atoms in total. The summed E-state index contributed by atoms with van der Waals surface area (Å²) in [5.74, 6) is -2.78. The molecule has 0 radical (unpaired) electrons. The Balaban J connectivity index is 1.77. The van der Waals surface area contributed by atoms with E-state index in [1.807, 2.05) is 0 Å². The number of aliphatic carboxylic acids is 1. The molecule has 1 fully saturated rings. The highest BCUT2D eigenvalue weighted by molar-refractivity contribution is 8.00. The smallest absolute Gasteiger partial charge is 0.352 e. The van der Waals surface area contributed by atoms with Crippen molar-refractivity contribution in [2.75, 3.05) is 19.5 Å². The number of hydrogen-bond acceptors (Lipinski definition) is 9. The standard InChI is InChI=1S/C17H17N3O8S/c1-8(21)28-6-9-7-29-16-12(15(23)20(16)13(9)17(24)25)18-14(22)11(19-26-2)10-4-3-5-27-10/h3-5,12,16H,6-7H2,1-2H3,(H,18,22)(H,24,25)/b19-11+/t12-,16-/m1/s1. The highest BCUT2D eigenvalue weighted by atomic mass is 32.2. The predicted octanol–water partition coefficient (Wildman–Crippen LogP) is -0.0682. The first-order valence-electron chi connectivity index (χ1n) is 8.34. The van der Waals surface area contributed by atoms with Crippen LogP contribution in [0.2, 0.25) is 0 Å². The Hall–Kier alpha value is -3.28. The van der Waals surface area contributed by atoms with Gasteiger partial charge in [0.05, 0.1) is 6.26 Å². The molecule has 2 N–H and O–H groups in total. The normalized spacial score (nSPS) is 21.2. The van der Waals surface area contributed by atoms with E-state index in [4.69, 9.17) is 9.15 Å². The number of nitrogens with one attached hydrogen (secondary N) is 1. The molecular weight excluding hydrogens is 406 g/mol. The van der Waals surface area contributed by atoms with Crippen molar-refractivity contribution in [1.29, 1.82) is 0 Å². The molecule has 29 heavy (non-hydrogen) atoms. The van der Waals surface area contributed by atoms with Gasteiger partial charge in [-0.25, -0.2) is 4.79 Å². The molecule has 0 aliphatic carbocycles. The summed E-state index contributed by atoms with van der Waals surface area (Å²) in [5, 5.41) is 15.1. The van der Waals surface area contributed by atoms with E-state index in [0.717, 1.165) is 4.90 Å². The van der Waals surface area contributed by atoms with Crippen molar-refractivity contribution in [3.05, 3.63) is 35.4 Å². The molecule has 0 aromatic carbocycles. The molecule has 3 rings (SSSR count). The number of esters is 1. The van der Waals surface area contributed by atoms with Crippen LogP contribution in [-0.4, -0.2) is 70.4 Å². The summed E-state index contributed by atoms with van der Waals surface area (Å²) in [6.45, 7) is 0.985. The molecule has 2 amide bonds. The summed E-state index contributed by atoms with van der Waals surface area (Å²) in [6.07, 6.45) is 1.36. The summed E-state index contributed by atoms with van der Waals surface area (Å²) < 4.78 is 10.0. The zero-order valence-corrected chi connectivity index (χ0v) is 16.2. The van der Waals surface area contributed by atoms with E-state index in [-0.39, 0.29) is 29.5 Å². The lowest BCUT2D eigenvalue weighted by atomic mass is 10.0. The zero-order valence-electron chi connectivity index (χ0n) is 15.4. The highest BCUT2D eigenvalue weighted by Gasteiger charge is 2.54. The molecule has 0 unspecified atom stereocenters. The molecule has 2 aliphatic rings. The molecule has 2 atom stereocenters. The maximum absolute atomic E-state index is 12.6. The Morgan fingerprint density at radius 2 is 2.21 bits per heavy atom. The van der Waals surface area contributed by atoms with Gasteiger partial charge in [-0.15, -0.1) is 11.8 Å². The zero-order chi connectivity index (χ0) is 21.1. The molecule has 12 heteroatoms. The van der Waals surface area contributed by atoms with Crippen LogP contribution in [0.5, 0.6) is 0 Å². The van der Waals surface area contributed by atoms with Gasteiger partial charge in [0.1, 0.15) is 30.8 Å². The Morgan fingerprint density at radius 3 is 2.79 bits per heavy atom. The minimum absolute atomic E-state index is 0.152. The van der Waals surface area contributed by atoms with Crippen molar-refractivity contribution in [3.63, 3.8) is 0 Å². The average Bonchev–Trinajstić information content (AvgIpc) is 3.21. The number of carbonyl (C=O) groups is 4. The van der Waals surface area contributed by atoms with Crippen molar-refractivity contribution in [3.8, 4) is 0 Å². The van der Waals surface area contributed by atoms with Crippen LogP contribution in [0.25, 0.3) is 0 Å². The third-order valence-electron chi connectivity index (χ3n) is 4.14. The molecule has 154 valence electrons. The maximum Gasteiger partial charge on any atom is 0.352 e. The number of rotatable bonds is 7. The van der Waals surface area contributed by atoms with Gasteiger partial charge in [0, 0.05) is 18.2 Å². The van der Waals surface area contributed by atoms with E-state index in [1.165, 1.54) is 38.1 Å². The number of oxime groups is 1. The molecule has 0 spiro atoms.